The summed E-state index contributed by atoms with van der Waals surface area (Å²) in [6, 6.07) is 18.2. The topological polar surface area (TPSA) is 94.2 Å². The van der Waals surface area contributed by atoms with Crippen molar-refractivity contribution in [2.45, 2.75) is 33.3 Å². The van der Waals surface area contributed by atoms with Crippen molar-refractivity contribution in [2.75, 3.05) is 18.1 Å². The first kappa shape index (κ1) is 27.7. The van der Waals surface area contributed by atoms with E-state index in [-0.39, 0.29) is 5.57 Å². The predicted molar refractivity (Wildman–Crippen MR) is 149 cm³/mol. The van der Waals surface area contributed by atoms with Crippen LogP contribution in [0.2, 0.25) is 5.02 Å². The number of hydrogen-bond acceptors (Lipinski definition) is 6. The minimum Gasteiger partial charge on any atom is -0.494 e. The van der Waals surface area contributed by atoms with Gasteiger partial charge in [-0.25, -0.2) is 9.69 Å². The molecule has 0 unspecified atom stereocenters. The number of carbonyl (C=O) groups excluding carboxylic acids is 3. The molecule has 1 fully saturated rings. The zero-order chi connectivity index (χ0) is 27.8. The molecule has 0 atom stereocenters. The first-order valence-corrected chi connectivity index (χ1v) is 13.1. The molecule has 9 heteroatoms. The van der Waals surface area contributed by atoms with Crippen molar-refractivity contribution in [3.63, 3.8) is 0 Å². The highest BCUT2D eigenvalue weighted by molar-refractivity contribution is 6.39. The van der Waals surface area contributed by atoms with Crippen LogP contribution in [0.25, 0.3) is 6.08 Å². The summed E-state index contributed by atoms with van der Waals surface area (Å²) < 4.78 is 17.3. The van der Waals surface area contributed by atoms with Crippen molar-refractivity contribution in [3.8, 4) is 17.2 Å². The molecule has 1 saturated heterocycles. The Bertz CT molecular complexity index is 1370. The molecule has 0 spiro atoms. The summed E-state index contributed by atoms with van der Waals surface area (Å²) in [6.07, 6.45) is 3.35. The number of rotatable bonds is 11. The average molecular weight is 549 g/mol. The van der Waals surface area contributed by atoms with Gasteiger partial charge in [-0.05, 0) is 79.1 Å². The van der Waals surface area contributed by atoms with Crippen molar-refractivity contribution in [1.82, 2.24) is 5.32 Å². The van der Waals surface area contributed by atoms with Gasteiger partial charge < -0.3 is 14.2 Å². The lowest BCUT2D eigenvalue weighted by Gasteiger charge is -2.26. The summed E-state index contributed by atoms with van der Waals surface area (Å²) in [5.74, 6) is 0.0828. The SMILES string of the molecule is CCCCOc1ccc(N2C(=O)NC(=O)/C(=C/c3ccc(OCc4ccc(Cl)cc4)c(OCC)c3)C2=O)cc1. The summed E-state index contributed by atoms with van der Waals surface area (Å²) in [7, 11) is 0. The van der Waals surface area contributed by atoms with Crippen LogP contribution in [0.1, 0.15) is 37.8 Å². The maximum atomic E-state index is 13.3. The fourth-order valence-electron chi connectivity index (χ4n) is 3.83. The summed E-state index contributed by atoms with van der Waals surface area (Å²) in [6.45, 7) is 5.18. The van der Waals surface area contributed by atoms with E-state index in [2.05, 4.69) is 12.2 Å². The molecule has 3 aromatic carbocycles. The average Bonchev–Trinajstić information content (AvgIpc) is 2.92. The highest BCUT2D eigenvalue weighted by Gasteiger charge is 2.36. The number of urea groups is 1. The first-order chi connectivity index (χ1) is 18.9. The Hall–Kier alpha value is -4.30. The lowest BCUT2D eigenvalue weighted by Crippen LogP contribution is -2.54. The largest absolute Gasteiger partial charge is 0.494 e. The minimum atomic E-state index is -0.817. The molecule has 0 bridgehead atoms. The Morgan fingerprint density at radius 3 is 2.31 bits per heavy atom. The van der Waals surface area contributed by atoms with Crippen LogP contribution in [0.3, 0.4) is 0 Å². The van der Waals surface area contributed by atoms with Crippen LogP contribution in [-0.4, -0.2) is 31.1 Å². The molecule has 0 aromatic heterocycles. The van der Waals surface area contributed by atoms with Crippen LogP contribution in [-0.2, 0) is 16.2 Å². The highest BCUT2D eigenvalue weighted by atomic mass is 35.5. The normalized spacial score (nSPS) is 14.4. The van der Waals surface area contributed by atoms with Crippen LogP contribution in [0.4, 0.5) is 10.5 Å². The number of halogens is 1. The summed E-state index contributed by atoms with van der Waals surface area (Å²) in [5.41, 5.74) is 1.60. The summed E-state index contributed by atoms with van der Waals surface area (Å²) in [5, 5.41) is 2.88. The van der Waals surface area contributed by atoms with Crippen LogP contribution in [0.5, 0.6) is 17.2 Å². The molecule has 202 valence electrons. The number of benzene rings is 3. The Morgan fingerprint density at radius 1 is 0.872 bits per heavy atom. The van der Waals surface area contributed by atoms with Crippen LogP contribution in [0, 0.1) is 0 Å². The monoisotopic (exact) mass is 548 g/mol. The van der Waals surface area contributed by atoms with Gasteiger partial charge in [0.1, 0.15) is 17.9 Å². The van der Waals surface area contributed by atoms with E-state index >= 15 is 0 Å². The van der Waals surface area contributed by atoms with E-state index in [1.165, 1.54) is 6.08 Å². The Kier molecular flexibility index (Phi) is 9.22. The van der Waals surface area contributed by atoms with Crippen molar-refractivity contribution in [2.24, 2.45) is 0 Å². The molecule has 39 heavy (non-hydrogen) atoms. The predicted octanol–water partition coefficient (Wildman–Crippen LogP) is 6.16. The van der Waals surface area contributed by atoms with Crippen molar-refractivity contribution >= 4 is 41.2 Å². The van der Waals surface area contributed by atoms with E-state index in [9.17, 15) is 14.4 Å². The molecule has 1 aliphatic rings. The van der Waals surface area contributed by atoms with Crippen LogP contribution >= 0.6 is 11.6 Å². The van der Waals surface area contributed by atoms with E-state index in [0.29, 0.717) is 53.3 Å². The number of hydrogen-bond donors (Lipinski definition) is 1. The molecule has 0 aliphatic carbocycles. The maximum absolute atomic E-state index is 13.3. The molecule has 1 N–H and O–H groups in total. The molecular weight excluding hydrogens is 520 g/mol. The number of carbonyl (C=O) groups is 3. The molecule has 0 saturated carbocycles. The zero-order valence-corrected chi connectivity index (χ0v) is 22.5. The van der Waals surface area contributed by atoms with Crippen molar-refractivity contribution < 1.29 is 28.6 Å². The summed E-state index contributed by atoms with van der Waals surface area (Å²) in [4.78, 5) is 39.4. The molecule has 4 amide bonds. The highest BCUT2D eigenvalue weighted by Crippen LogP contribution is 2.31. The van der Waals surface area contributed by atoms with Gasteiger partial charge >= 0.3 is 6.03 Å². The van der Waals surface area contributed by atoms with Crippen molar-refractivity contribution in [1.29, 1.82) is 0 Å². The molecule has 1 heterocycles. The second-order valence-electron chi connectivity index (χ2n) is 8.71. The van der Waals surface area contributed by atoms with E-state index in [4.69, 9.17) is 25.8 Å². The van der Waals surface area contributed by atoms with Gasteiger partial charge in [0.2, 0.25) is 0 Å². The first-order valence-electron chi connectivity index (χ1n) is 12.7. The van der Waals surface area contributed by atoms with Crippen molar-refractivity contribution in [3.05, 3.63) is 88.5 Å². The molecule has 4 rings (SSSR count). The molecule has 8 nitrogen and oxygen atoms in total. The smallest absolute Gasteiger partial charge is 0.335 e. The maximum Gasteiger partial charge on any atom is 0.335 e. The van der Waals surface area contributed by atoms with E-state index in [0.717, 1.165) is 23.3 Å². The number of barbiturate groups is 1. The number of amides is 4. The van der Waals surface area contributed by atoms with Gasteiger partial charge in [-0.3, -0.25) is 14.9 Å². The van der Waals surface area contributed by atoms with Gasteiger partial charge in [-0.1, -0.05) is 43.1 Å². The minimum absolute atomic E-state index is 0.185. The second kappa shape index (κ2) is 13.0. The van der Waals surface area contributed by atoms with Gasteiger partial charge in [0, 0.05) is 5.02 Å². The van der Waals surface area contributed by atoms with Gasteiger partial charge in [0.15, 0.2) is 11.5 Å². The van der Waals surface area contributed by atoms with Gasteiger partial charge in [-0.2, -0.15) is 0 Å². The third kappa shape index (κ3) is 6.97. The van der Waals surface area contributed by atoms with Crippen LogP contribution < -0.4 is 24.4 Å². The third-order valence-electron chi connectivity index (χ3n) is 5.85. The number of imide groups is 2. The number of unbranched alkanes of at least 4 members (excludes halogenated alkanes) is 1. The standard InChI is InChI=1S/C30H29ClN2O6/c1-3-5-16-38-24-13-11-23(12-14-24)33-29(35)25(28(34)32-30(33)36)17-21-8-15-26(27(18-21)37-4-2)39-19-20-6-9-22(31)10-7-20/h6-15,17-18H,3-5,16,19H2,1-2H3,(H,32,34,36)/b25-17-. The van der Waals surface area contributed by atoms with E-state index in [1.807, 2.05) is 19.1 Å². The number of nitrogens with one attached hydrogen (secondary N) is 1. The lowest BCUT2D eigenvalue weighted by molar-refractivity contribution is -0.122. The molecule has 3 aromatic rings. The van der Waals surface area contributed by atoms with E-state index in [1.54, 1.807) is 54.6 Å². The number of ether oxygens (including phenoxy) is 3. The number of anilines is 1. The van der Waals surface area contributed by atoms with Gasteiger partial charge in [0.05, 0.1) is 18.9 Å². The second-order valence-corrected chi connectivity index (χ2v) is 9.14. The van der Waals surface area contributed by atoms with Gasteiger partial charge in [0.25, 0.3) is 11.8 Å². The quantitative estimate of drug-likeness (QED) is 0.175. The fraction of sp³-hybridized carbons (Fsp3) is 0.233. The Balaban J connectivity index is 1.54. The van der Waals surface area contributed by atoms with Gasteiger partial charge in [-0.15, -0.1) is 0 Å². The van der Waals surface area contributed by atoms with E-state index < -0.39 is 17.8 Å². The Labute approximate surface area is 232 Å². The molecule has 1 aliphatic heterocycles. The zero-order valence-electron chi connectivity index (χ0n) is 21.7. The number of nitrogens with zero attached hydrogens (tertiary/aromatic N) is 1. The molecular formula is C30H29ClN2O6. The Morgan fingerprint density at radius 2 is 1.62 bits per heavy atom. The molecule has 0 radical (unpaired) electrons. The lowest BCUT2D eigenvalue weighted by atomic mass is 10.1. The van der Waals surface area contributed by atoms with Crippen LogP contribution in [0.15, 0.2) is 72.3 Å². The fourth-order valence-corrected chi connectivity index (χ4v) is 3.95. The third-order valence-corrected chi connectivity index (χ3v) is 6.10. The summed E-state index contributed by atoms with van der Waals surface area (Å²) >= 11 is 5.95.